The predicted octanol–water partition coefficient (Wildman–Crippen LogP) is 1.65. The third-order valence-corrected chi connectivity index (χ3v) is 3.56. The molecule has 6 nitrogen and oxygen atoms in total. The molecule has 1 rings (SSSR count). The fourth-order valence-electron chi connectivity index (χ4n) is 2.40. The van der Waals surface area contributed by atoms with Gasteiger partial charge in [0.05, 0.1) is 13.2 Å². The number of nitrogens with one attached hydrogen (secondary N) is 3. The Morgan fingerprint density at radius 2 is 2.18 bits per heavy atom. The van der Waals surface area contributed by atoms with Gasteiger partial charge in [0.2, 0.25) is 0 Å². The van der Waals surface area contributed by atoms with E-state index in [1.165, 1.54) is 0 Å². The summed E-state index contributed by atoms with van der Waals surface area (Å²) < 4.78 is 10.8. The normalized spacial score (nSPS) is 22.0. The van der Waals surface area contributed by atoms with Gasteiger partial charge < -0.3 is 25.4 Å². The summed E-state index contributed by atoms with van der Waals surface area (Å²) in [5.41, 5.74) is -0.463. The van der Waals surface area contributed by atoms with E-state index in [1.807, 2.05) is 20.8 Å². The zero-order valence-corrected chi connectivity index (χ0v) is 14.7. The molecule has 3 unspecified atom stereocenters. The van der Waals surface area contributed by atoms with E-state index in [-0.39, 0.29) is 12.1 Å². The minimum atomic E-state index is -0.463. The van der Waals surface area contributed by atoms with Crippen LogP contribution in [0.1, 0.15) is 47.5 Å². The Balaban J connectivity index is 2.25. The first-order chi connectivity index (χ1) is 10.3. The Morgan fingerprint density at radius 1 is 1.45 bits per heavy atom. The minimum absolute atomic E-state index is 0.0767. The van der Waals surface area contributed by atoms with Crippen molar-refractivity contribution in [1.29, 1.82) is 0 Å². The molecule has 1 fully saturated rings. The van der Waals surface area contributed by atoms with Crippen LogP contribution < -0.4 is 16.0 Å². The molecule has 130 valence electrons. The van der Waals surface area contributed by atoms with E-state index in [9.17, 15) is 4.79 Å². The van der Waals surface area contributed by atoms with E-state index in [0.29, 0.717) is 12.1 Å². The molecule has 0 aromatic rings. The molecule has 0 radical (unpaired) electrons. The lowest BCUT2D eigenvalue weighted by molar-refractivity contribution is 0.0501. The van der Waals surface area contributed by atoms with Gasteiger partial charge in [-0.05, 0) is 40.5 Å². The van der Waals surface area contributed by atoms with Crippen molar-refractivity contribution < 1.29 is 14.3 Å². The zero-order chi connectivity index (χ0) is 16.6. The van der Waals surface area contributed by atoms with Crippen molar-refractivity contribution in [2.24, 2.45) is 0 Å². The molecule has 22 heavy (non-hydrogen) atoms. The van der Waals surface area contributed by atoms with Crippen LogP contribution in [0.15, 0.2) is 0 Å². The Hall–Kier alpha value is -0.850. The van der Waals surface area contributed by atoms with Gasteiger partial charge in [-0.2, -0.15) is 0 Å². The summed E-state index contributed by atoms with van der Waals surface area (Å²) in [7, 11) is 0. The van der Waals surface area contributed by atoms with Gasteiger partial charge in [0.1, 0.15) is 5.60 Å². The molecule has 1 saturated heterocycles. The van der Waals surface area contributed by atoms with Gasteiger partial charge in [-0.1, -0.05) is 6.92 Å². The third-order valence-electron chi connectivity index (χ3n) is 3.56. The van der Waals surface area contributed by atoms with Crippen molar-refractivity contribution in [3.8, 4) is 0 Å². The minimum Gasteiger partial charge on any atom is -0.444 e. The molecule has 0 aromatic carbocycles. The molecule has 6 heteroatoms. The fourth-order valence-corrected chi connectivity index (χ4v) is 2.40. The maximum absolute atomic E-state index is 11.8. The summed E-state index contributed by atoms with van der Waals surface area (Å²) in [6, 6.07) is 0.858. The maximum atomic E-state index is 11.8. The lowest BCUT2D eigenvalue weighted by Crippen LogP contribution is -2.48. The van der Waals surface area contributed by atoms with E-state index in [1.54, 1.807) is 0 Å². The number of hydrogen-bond acceptors (Lipinski definition) is 5. The van der Waals surface area contributed by atoms with Gasteiger partial charge in [0.25, 0.3) is 0 Å². The highest BCUT2D eigenvalue weighted by Gasteiger charge is 2.20. The van der Waals surface area contributed by atoms with Gasteiger partial charge in [-0.25, -0.2) is 4.79 Å². The fraction of sp³-hybridized carbons (Fsp3) is 0.938. The Labute approximate surface area is 134 Å². The molecule has 1 heterocycles. The number of rotatable bonds is 7. The van der Waals surface area contributed by atoms with Gasteiger partial charge in [-0.15, -0.1) is 0 Å². The molecule has 1 aliphatic heterocycles. The van der Waals surface area contributed by atoms with E-state index in [2.05, 4.69) is 29.8 Å². The van der Waals surface area contributed by atoms with Crippen LogP contribution >= 0.6 is 0 Å². The van der Waals surface area contributed by atoms with E-state index < -0.39 is 5.60 Å². The maximum Gasteiger partial charge on any atom is 0.407 e. The van der Waals surface area contributed by atoms with Crippen molar-refractivity contribution in [3.63, 3.8) is 0 Å². The van der Waals surface area contributed by atoms with Crippen molar-refractivity contribution >= 4 is 6.09 Å². The molecule has 0 bridgehead atoms. The summed E-state index contributed by atoms with van der Waals surface area (Å²) in [6.07, 6.45) is 1.53. The van der Waals surface area contributed by atoms with E-state index in [4.69, 9.17) is 9.47 Å². The quantitative estimate of drug-likeness (QED) is 0.666. The first-order valence-electron chi connectivity index (χ1n) is 8.34. The van der Waals surface area contributed by atoms with Crippen molar-refractivity contribution in [3.05, 3.63) is 0 Å². The molecule has 0 spiro atoms. The number of amides is 1. The van der Waals surface area contributed by atoms with Crippen LogP contribution in [0.4, 0.5) is 4.79 Å². The average Bonchev–Trinajstić information content (AvgIpc) is 2.42. The lowest BCUT2D eigenvalue weighted by atomic mass is 10.1. The van der Waals surface area contributed by atoms with Crippen LogP contribution in [-0.2, 0) is 9.47 Å². The predicted molar refractivity (Wildman–Crippen MR) is 88.1 cm³/mol. The first-order valence-corrected chi connectivity index (χ1v) is 8.34. The van der Waals surface area contributed by atoms with Crippen molar-refractivity contribution in [2.75, 3.05) is 26.3 Å². The van der Waals surface area contributed by atoms with Crippen LogP contribution in [0.2, 0.25) is 0 Å². The van der Waals surface area contributed by atoms with Crippen molar-refractivity contribution in [1.82, 2.24) is 16.0 Å². The lowest BCUT2D eigenvalue weighted by Gasteiger charge is -2.28. The van der Waals surface area contributed by atoms with Crippen LogP contribution in [0.5, 0.6) is 0 Å². The molecule has 3 N–H and O–H groups in total. The topological polar surface area (TPSA) is 71.6 Å². The Bertz CT molecular complexity index is 325. The highest BCUT2D eigenvalue weighted by molar-refractivity contribution is 5.68. The van der Waals surface area contributed by atoms with Crippen LogP contribution in [-0.4, -0.2) is 56.1 Å². The Morgan fingerprint density at radius 3 is 2.73 bits per heavy atom. The number of hydrogen-bond donors (Lipinski definition) is 3. The SMILES string of the molecule is CCC(CNC(C)CC1COCCN1)NC(=O)OC(C)(C)C. The standard InChI is InChI=1S/C16H33N3O3/c1-6-13(19-15(20)22-16(3,4)5)10-18-12(2)9-14-11-21-8-7-17-14/h12-14,17-18H,6-11H2,1-5H3,(H,19,20). The zero-order valence-electron chi connectivity index (χ0n) is 14.7. The Kier molecular flexibility index (Phi) is 8.14. The number of morpholine rings is 1. The van der Waals surface area contributed by atoms with Crippen LogP contribution in [0.25, 0.3) is 0 Å². The molecule has 1 amide bonds. The van der Waals surface area contributed by atoms with E-state index in [0.717, 1.165) is 39.1 Å². The highest BCUT2D eigenvalue weighted by atomic mass is 16.6. The summed E-state index contributed by atoms with van der Waals surface area (Å²) in [4.78, 5) is 11.8. The highest BCUT2D eigenvalue weighted by Crippen LogP contribution is 2.07. The average molecular weight is 315 g/mol. The van der Waals surface area contributed by atoms with Crippen LogP contribution in [0, 0.1) is 0 Å². The molecular weight excluding hydrogens is 282 g/mol. The number of alkyl carbamates (subject to hydrolysis) is 1. The van der Waals surface area contributed by atoms with Gasteiger partial charge in [0.15, 0.2) is 0 Å². The summed E-state index contributed by atoms with van der Waals surface area (Å²) >= 11 is 0. The van der Waals surface area contributed by atoms with Crippen LogP contribution in [0.3, 0.4) is 0 Å². The molecular formula is C16H33N3O3. The smallest absolute Gasteiger partial charge is 0.407 e. The van der Waals surface area contributed by atoms with Gasteiger partial charge in [0, 0.05) is 31.2 Å². The number of carbonyl (C=O) groups is 1. The van der Waals surface area contributed by atoms with E-state index >= 15 is 0 Å². The van der Waals surface area contributed by atoms with Gasteiger partial charge in [-0.3, -0.25) is 0 Å². The molecule has 1 aliphatic rings. The molecule has 0 saturated carbocycles. The second-order valence-electron chi connectivity index (χ2n) is 7.02. The summed E-state index contributed by atoms with van der Waals surface area (Å²) in [5, 5.41) is 9.86. The summed E-state index contributed by atoms with van der Waals surface area (Å²) in [5.74, 6) is 0. The first kappa shape index (κ1) is 19.2. The van der Waals surface area contributed by atoms with Crippen molar-refractivity contribution in [2.45, 2.75) is 71.2 Å². The number of carbonyl (C=O) groups excluding carboxylic acids is 1. The third kappa shape index (κ3) is 8.56. The second kappa shape index (κ2) is 9.33. The summed E-state index contributed by atoms with van der Waals surface area (Å²) in [6.45, 7) is 13.1. The molecule has 3 atom stereocenters. The second-order valence-corrected chi connectivity index (χ2v) is 7.02. The molecule has 0 aliphatic carbocycles. The molecule has 0 aromatic heterocycles. The number of ether oxygens (including phenoxy) is 2. The van der Waals surface area contributed by atoms with Gasteiger partial charge >= 0.3 is 6.09 Å². The monoisotopic (exact) mass is 315 g/mol. The largest absolute Gasteiger partial charge is 0.444 e.